The van der Waals surface area contributed by atoms with E-state index in [4.69, 9.17) is 0 Å². The van der Waals surface area contributed by atoms with E-state index >= 15 is 0 Å². The van der Waals surface area contributed by atoms with E-state index in [0.717, 1.165) is 12.8 Å². The molecule has 1 fully saturated rings. The molecule has 0 heterocycles. The minimum Gasteiger partial charge on any atom is -0.468 e. The zero-order valence-corrected chi connectivity index (χ0v) is 11.0. The van der Waals surface area contributed by atoms with Crippen LogP contribution in [0.25, 0.3) is 0 Å². The van der Waals surface area contributed by atoms with Gasteiger partial charge in [-0.25, -0.2) is 0 Å². The van der Waals surface area contributed by atoms with Gasteiger partial charge in [0.25, 0.3) is 0 Å². The number of alkyl halides is 1. The van der Waals surface area contributed by atoms with Gasteiger partial charge in [-0.05, 0) is 18.8 Å². The molecule has 86 valence electrons. The SMILES string of the molecule is COC(=O)C(I)CNC(=O)CC1CCC1. The first kappa shape index (κ1) is 12.7. The van der Waals surface area contributed by atoms with Gasteiger partial charge in [-0.2, -0.15) is 0 Å². The Morgan fingerprint density at radius 3 is 2.67 bits per heavy atom. The highest BCUT2D eigenvalue weighted by molar-refractivity contribution is 14.1. The van der Waals surface area contributed by atoms with E-state index in [1.165, 1.54) is 13.5 Å². The lowest BCUT2D eigenvalue weighted by Crippen LogP contribution is -2.35. The number of methoxy groups -OCH3 is 1. The molecule has 0 aromatic carbocycles. The van der Waals surface area contributed by atoms with Crippen molar-refractivity contribution in [3.8, 4) is 0 Å². The number of carbonyl (C=O) groups excluding carboxylic acids is 2. The molecule has 4 nitrogen and oxygen atoms in total. The summed E-state index contributed by atoms with van der Waals surface area (Å²) in [4.78, 5) is 22.4. The third-order valence-electron chi connectivity index (χ3n) is 2.63. The first-order valence-electron chi connectivity index (χ1n) is 5.12. The molecule has 1 aliphatic carbocycles. The van der Waals surface area contributed by atoms with Crippen LogP contribution >= 0.6 is 22.6 Å². The van der Waals surface area contributed by atoms with Crippen LogP contribution in [0.3, 0.4) is 0 Å². The van der Waals surface area contributed by atoms with E-state index in [-0.39, 0.29) is 15.8 Å². The highest BCUT2D eigenvalue weighted by Crippen LogP contribution is 2.29. The van der Waals surface area contributed by atoms with E-state index in [0.29, 0.717) is 18.9 Å². The first-order valence-corrected chi connectivity index (χ1v) is 6.36. The lowest BCUT2D eigenvalue weighted by molar-refractivity contribution is -0.139. The predicted molar refractivity (Wildman–Crippen MR) is 64.8 cm³/mol. The molecule has 0 aliphatic heterocycles. The van der Waals surface area contributed by atoms with Crippen LogP contribution in [-0.4, -0.2) is 29.5 Å². The average molecular weight is 325 g/mol. The minimum atomic E-state index is -0.294. The molecule has 15 heavy (non-hydrogen) atoms. The quantitative estimate of drug-likeness (QED) is 0.470. The van der Waals surface area contributed by atoms with E-state index in [1.54, 1.807) is 0 Å². The summed E-state index contributed by atoms with van der Waals surface area (Å²) in [7, 11) is 1.35. The van der Waals surface area contributed by atoms with Gasteiger partial charge in [-0.1, -0.05) is 29.0 Å². The van der Waals surface area contributed by atoms with Crippen LogP contribution in [-0.2, 0) is 14.3 Å². The fraction of sp³-hybridized carbons (Fsp3) is 0.800. The maximum absolute atomic E-state index is 11.4. The molecule has 1 atom stereocenters. The van der Waals surface area contributed by atoms with Gasteiger partial charge in [-0.3, -0.25) is 9.59 Å². The van der Waals surface area contributed by atoms with Crippen molar-refractivity contribution in [3.05, 3.63) is 0 Å². The van der Waals surface area contributed by atoms with Gasteiger partial charge in [0.2, 0.25) is 5.91 Å². The molecule has 0 saturated heterocycles. The molecule has 1 rings (SSSR count). The molecule has 0 aromatic heterocycles. The number of hydrogen-bond acceptors (Lipinski definition) is 3. The number of hydrogen-bond donors (Lipinski definition) is 1. The standard InChI is InChI=1S/C10H16INO3/c1-15-10(14)8(11)6-12-9(13)5-7-3-2-4-7/h7-8H,2-6H2,1H3,(H,12,13). The number of halogens is 1. The first-order chi connectivity index (χ1) is 7.13. The third kappa shape index (κ3) is 4.36. The molecular weight excluding hydrogens is 309 g/mol. The van der Waals surface area contributed by atoms with Crippen LogP contribution in [0.15, 0.2) is 0 Å². The summed E-state index contributed by atoms with van der Waals surface area (Å²) < 4.78 is 4.27. The molecule has 1 aliphatic rings. The maximum atomic E-state index is 11.4. The zero-order chi connectivity index (χ0) is 11.3. The molecule has 1 unspecified atom stereocenters. The van der Waals surface area contributed by atoms with Crippen molar-refractivity contribution in [1.82, 2.24) is 5.32 Å². The van der Waals surface area contributed by atoms with Crippen molar-refractivity contribution in [2.75, 3.05) is 13.7 Å². The second-order valence-corrected chi connectivity index (χ2v) is 5.30. The van der Waals surface area contributed by atoms with Gasteiger partial charge in [0.05, 0.1) is 7.11 Å². The summed E-state index contributed by atoms with van der Waals surface area (Å²) >= 11 is 1.97. The Hall–Kier alpha value is -0.330. The van der Waals surface area contributed by atoms with Crippen LogP contribution < -0.4 is 5.32 Å². The van der Waals surface area contributed by atoms with Gasteiger partial charge < -0.3 is 10.1 Å². The Morgan fingerprint density at radius 1 is 1.53 bits per heavy atom. The van der Waals surface area contributed by atoms with Crippen LogP contribution in [0.1, 0.15) is 25.7 Å². The second-order valence-electron chi connectivity index (χ2n) is 3.80. The van der Waals surface area contributed by atoms with Crippen molar-refractivity contribution in [3.63, 3.8) is 0 Å². The Kier molecular flexibility index (Phi) is 5.35. The predicted octanol–water partition coefficient (Wildman–Crippen LogP) is 1.27. The normalized spacial score (nSPS) is 17.7. The van der Waals surface area contributed by atoms with Gasteiger partial charge in [0, 0.05) is 13.0 Å². The molecule has 1 N–H and O–H groups in total. The number of esters is 1. The monoisotopic (exact) mass is 325 g/mol. The minimum absolute atomic E-state index is 0.0465. The summed E-state index contributed by atoms with van der Waals surface area (Å²) in [6.07, 6.45) is 4.18. The molecule has 0 radical (unpaired) electrons. The maximum Gasteiger partial charge on any atom is 0.320 e. The highest BCUT2D eigenvalue weighted by Gasteiger charge is 2.21. The Bertz CT molecular complexity index is 241. The highest BCUT2D eigenvalue weighted by atomic mass is 127. The molecule has 5 heteroatoms. The van der Waals surface area contributed by atoms with Crippen molar-refractivity contribution in [2.45, 2.75) is 29.6 Å². The van der Waals surface area contributed by atoms with Gasteiger partial charge in [0.1, 0.15) is 3.92 Å². The fourth-order valence-electron chi connectivity index (χ4n) is 1.45. The van der Waals surface area contributed by atoms with E-state index in [9.17, 15) is 9.59 Å². The van der Waals surface area contributed by atoms with Crippen LogP contribution in [0, 0.1) is 5.92 Å². The molecular formula is C10H16INO3. The Balaban J connectivity index is 2.12. The topological polar surface area (TPSA) is 55.4 Å². The van der Waals surface area contributed by atoms with Crippen LogP contribution in [0.4, 0.5) is 0 Å². The summed E-state index contributed by atoms with van der Waals surface area (Å²) in [5.74, 6) is 0.320. The summed E-state index contributed by atoms with van der Waals surface area (Å²) in [6, 6.07) is 0. The number of amides is 1. The average Bonchev–Trinajstić information content (AvgIpc) is 2.18. The zero-order valence-electron chi connectivity index (χ0n) is 8.79. The molecule has 0 aromatic rings. The Morgan fingerprint density at radius 2 is 2.20 bits per heavy atom. The molecule has 0 bridgehead atoms. The lowest BCUT2D eigenvalue weighted by atomic mass is 9.83. The Labute approximate surface area is 103 Å². The van der Waals surface area contributed by atoms with Crippen LogP contribution in [0.5, 0.6) is 0 Å². The summed E-state index contributed by atoms with van der Waals surface area (Å²) in [5, 5.41) is 2.75. The number of ether oxygens (including phenoxy) is 1. The van der Waals surface area contributed by atoms with Crippen molar-refractivity contribution in [1.29, 1.82) is 0 Å². The number of rotatable bonds is 5. The largest absolute Gasteiger partial charge is 0.468 e. The van der Waals surface area contributed by atoms with Crippen molar-refractivity contribution < 1.29 is 14.3 Å². The second kappa shape index (κ2) is 6.30. The van der Waals surface area contributed by atoms with Crippen LogP contribution in [0.2, 0.25) is 0 Å². The summed E-state index contributed by atoms with van der Waals surface area (Å²) in [6.45, 7) is 0.360. The van der Waals surface area contributed by atoms with E-state index in [2.05, 4.69) is 10.1 Å². The molecule has 1 saturated carbocycles. The van der Waals surface area contributed by atoms with E-state index < -0.39 is 0 Å². The molecule has 1 amide bonds. The lowest BCUT2D eigenvalue weighted by Gasteiger charge is -2.24. The molecule has 0 spiro atoms. The smallest absolute Gasteiger partial charge is 0.320 e. The summed E-state index contributed by atoms with van der Waals surface area (Å²) in [5.41, 5.74) is 0. The number of carbonyl (C=O) groups is 2. The van der Waals surface area contributed by atoms with Crippen molar-refractivity contribution in [2.24, 2.45) is 5.92 Å². The van der Waals surface area contributed by atoms with Gasteiger partial charge in [-0.15, -0.1) is 0 Å². The fourth-order valence-corrected chi connectivity index (χ4v) is 1.92. The van der Waals surface area contributed by atoms with Crippen molar-refractivity contribution >= 4 is 34.5 Å². The number of nitrogens with one attached hydrogen (secondary N) is 1. The third-order valence-corrected chi connectivity index (χ3v) is 3.58. The van der Waals surface area contributed by atoms with E-state index in [1.807, 2.05) is 22.6 Å². The van der Waals surface area contributed by atoms with Gasteiger partial charge in [0.15, 0.2) is 0 Å². The van der Waals surface area contributed by atoms with Gasteiger partial charge >= 0.3 is 5.97 Å².